The van der Waals surface area contributed by atoms with Gasteiger partial charge in [-0.1, -0.05) is 6.07 Å². The summed E-state index contributed by atoms with van der Waals surface area (Å²) in [5.74, 6) is -1.35. The molecule has 26 heavy (non-hydrogen) atoms. The Hall–Kier alpha value is -1.77. The zero-order valence-electron chi connectivity index (χ0n) is 13.7. The third kappa shape index (κ3) is 3.17. The number of nitrogens with zero attached hydrogens (tertiary/aromatic N) is 2. The van der Waals surface area contributed by atoms with E-state index in [2.05, 4.69) is 15.9 Å². The molecule has 1 aromatic carbocycles. The number of amides is 1. The van der Waals surface area contributed by atoms with Crippen LogP contribution in [0.5, 0.6) is 0 Å². The van der Waals surface area contributed by atoms with Crippen LogP contribution in [0.1, 0.15) is 16.1 Å². The Morgan fingerprint density at radius 3 is 2.73 bits per heavy atom. The van der Waals surface area contributed by atoms with Crippen molar-refractivity contribution in [3.63, 3.8) is 0 Å². The molecule has 0 spiro atoms. The molecule has 1 aliphatic rings. The van der Waals surface area contributed by atoms with Gasteiger partial charge in [-0.15, -0.1) is 11.3 Å². The molecule has 0 aliphatic carbocycles. The Balaban J connectivity index is 1.78. The predicted octanol–water partition coefficient (Wildman–Crippen LogP) is 4.26. The number of aromatic nitrogens is 1. The minimum absolute atomic E-state index is 0.105. The summed E-state index contributed by atoms with van der Waals surface area (Å²) in [6, 6.07) is 5.34. The van der Waals surface area contributed by atoms with Gasteiger partial charge in [-0.2, -0.15) is 0 Å². The van der Waals surface area contributed by atoms with Crippen molar-refractivity contribution in [2.24, 2.45) is 0 Å². The lowest BCUT2D eigenvalue weighted by Crippen LogP contribution is -2.41. The number of rotatable bonds is 3. The molecule has 1 aliphatic heterocycles. The number of carbonyl (C=O) groups excluding carboxylic acids is 1. The summed E-state index contributed by atoms with van der Waals surface area (Å²) in [4.78, 5) is 14.8. The zero-order valence-corrected chi connectivity index (χ0v) is 16.1. The number of halogens is 3. The lowest BCUT2D eigenvalue weighted by atomic mass is 10.2. The molecule has 0 atom stereocenters. The number of hydrogen-bond acceptors (Lipinski definition) is 3. The topological polar surface area (TPSA) is 34.5 Å². The predicted molar refractivity (Wildman–Crippen MR) is 99.7 cm³/mol. The first-order valence-corrected chi connectivity index (χ1v) is 9.79. The first-order chi connectivity index (χ1) is 12.5. The normalized spacial score (nSPS) is 15.0. The van der Waals surface area contributed by atoms with Crippen molar-refractivity contribution >= 4 is 43.4 Å². The van der Waals surface area contributed by atoms with E-state index in [-0.39, 0.29) is 12.5 Å². The first-order valence-electron chi connectivity index (χ1n) is 8.12. The molecular formula is C18H15BrF2N2O2S. The van der Waals surface area contributed by atoms with E-state index in [1.165, 1.54) is 23.5 Å². The SMILES string of the molecule is O=C(c1cc2scc(Br)c2n1Cc1ccc(F)cc1F)N1CCOCC1. The quantitative estimate of drug-likeness (QED) is 0.609. The third-order valence-corrected chi connectivity index (χ3v) is 6.26. The van der Waals surface area contributed by atoms with Crippen LogP contribution in [-0.4, -0.2) is 41.7 Å². The van der Waals surface area contributed by atoms with Gasteiger partial charge in [-0.05, 0) is 28.1 Å². The second kappa shape index (κ2) is 7.09. The second-order valence-corrected chi connectivity index (χ2v) is 7.82. The fraction of sp³-hybridized carbons (Fsp3) is 0.278. The number of thiophene rings is 1. The van der Waals surface area contributed by atoms with Crippen LogP contribution < -0.4 is 0 Å². The van der Waals surface area contributed by atoms with Crippen LogP contribution in [0, 0.1) is 11.6 Å². The Bertz CT molecular complexity index is 979. The average molecular weight is 441 g/mol. The van der Waals surface area contributed by atoms with E-state index in [0.29, 0.717) is 37.6 Å². The summed E-state index contributed by atoms with van der Waals surface area (Å²) in [6.07, 6.45) is 0. The minimum atomic E-state index is -0.622. The van der Waals surface area contributed by atoms with Crippen LogP contribution in [-0.2, 0) is 11.3 Å². The smallest absolute Gasteiger partial charge is 0.270 e. The Labute approximate surface area is 161 Å². The van der Waals surface area contributed by atoms with Gasteiger partial charge in [0.25, 0.3) is 5.91 Å². The number of ether oxygens (including phenoxy) is 1. The highest BCUT2D eigenvalue weighted by Gasteiger charge is 2.25. The highest BCUT2D eigenvalue weighted by molar-refractivity contribution is 9.10. The maximum Gasteiger partial charge on any atom is 0.270 e. The molecule has 1 saturated heterocycles. The molecule has 0 radical (unpaired) electrons. The van der Waals surface area contributed by atoms with Crippen LogP contribution in [0.3, 0.4) is 0 Å². The Kier molecular flexibility index (Phi) is 4.81. The Morgan fingerprint density at radius 2 is 2.00 bits per heavy atom. The molecule has 136 valence electrons. The van der Waals surface area contributed by atoms with E-state index in [1.807, 2.05) is 11.4 Å². The molecular weight excluding hydrogens is 426 g/mol. The van der Waals surface area contributed by atoms with Gasteiger partial charge < -0.3 is 14.2 Å². The van der Waals surface area contributed by atoms with E-state index in [4.69, 9.17) is 4.74 Å². The molecule has 0 bridgehead atoms. The summed E-state index contributed by atoms with van der Waals surface area (Å²) in [6.45, 7) is 2.23. The van der Waals surface area contributed by atoms with Crippen molar-refractivity contribution in [1.82, 2.24) is 9.47 Å². The fourth-order valence-electron chi connectivity index (χ4n) is 3.12. The van der Waals surface area contributed by atoms with E-state index in [0.717, 1.165) is 20.8 Å². The van der Waals surface area contributed by atoms with E-state index >= 15 is 0 Å². The standard InChI is InChI=1S/C18H15BrF2N2O2S/c19-13-10-26-16-8-15(18(24)22-3-5-25-6-4-22)23(17(13)16)9-11-1-2-12(20)7-14(11)21/h1-2,7-8,10H,3-6,9H2. The van der Waals surface area contributed by atoms with Gasteiger partial charge >= 0.3 is 0 Å². The minimum Gasteiger partial charge on any atom is -0.378 e. The molecule has 2 aromatic heterocycles. The van der Waals surface area contributed by atoms with Gasteiger partial charge in [0, 0.05) is 30.1 Å². The molecule has 0 saturated carbocycles. The van der Waals surface area contributed by atoms with E-state index in [9.17, 15) is 13.6 Å². The summed E-state index contributed by atoms with van der Waals surface area (Å²) in [5.41, 5.74) is 1.67. The lowest BCUT2D eigenvalue weighted by molar-refractivity contribution is 0.0296. The van der Waals surface area contributed by atoms with Crippen LogP contribution in [0.2, 0.25) is 0 Å². The zero-order chi connectivity index (χ0) is 18.3. The summed E-state index contributed by atoms with van der Waals surface area (Å²) < 4.78 is 36.3. The van der Waals surface area contributed by atoms with Gasteiger partial charge in [0.05, 0.1) is 34.4 Å². The van der Waals surface area contributed by atoms with Crippen molar-refractivity contribution in [3.8, 4) is 0 Å². The van der Waals surface area contributed by atoms with Crippen molar-refractivity contribution in [2.45, 2.75) is 6.54 Å². The number of benzene rings is 1. The van der Waals surface area contributed by atoms with Gasteiger partial charge in [-0.3, -0.25) is 4.79 Å². The first kappa shape index (κ1) is 17.6. The summed E-state index contributed by atoms with van der Waals surface area (Å²) >= 11 is 5.02. The second-order valence-electron chi connectivity index (χ2n) is 6.05. The number of fused-ring (bicyclic) bond motifs is 1. The maximum absolute atomic E-state index is 14.2. The van der Waals surface area contributed by atoms with Gasteiger partial charge in [0.1, 0.15) is 17.3 Å². The molecule has 1 fully saturated rings. The van der Waals surface area contributed by atoms with Crippen molar-refractivity contribution in [3.05, 3.63) is 57.0 Å². The lowest BCUT2D eigenvalue weighted by Gasteiger charge is -2.27. The molecule has 1 amide bonds. The van der Waals surface area contributed by atoms with Gasteiger partial charge in [-0.25, -0.2) is 8.78 Å². The molecule has 3 heterocycles. The van der Waals surface area contributed by atoms with Crippen LogP contribution in [0.4, 0.5) is 8.78 Å². The highest BCUT2D eigenvalue weighted by Crippen LogP contribution is 2.34. The van der Waals surface area contributed by atoms with Crippen molar-refractivity contribution in [2.75, 3.05) is 26.3 Å². The molecule has 0 N–H and O–H groups in total. The largest absolute Gasteiger partial charge is 0.378 e. The van der Waals surface area contributed by atoms with E-state index < -0.39 is 11.6 Å². The maximum atomic E-state index is 14.2. The molecule has 0 unspecified atom stereocenters. The molecule has 3 aromatic rings. The van der Waals surface area contributed by atoms with Crippen molar-refractivity contribution < 1.29 is 18.3 Å². The van der Waals surface area contributed by atoms with Crippen molar-refractivity contribution in [1.29, 1.82) is 0 Å². The fourth-order valence-corrected chi connectivity index (χ4v) is 4.81. The van der Waals surface area contributed by atoms with Crippen LogP contribution >= 0.6 is 27.3 Å². The molecule has 4 nitrogen and oxygen atoms in total. The monoisotopic (exact) mass is 440 g/mol. The van der Waals surface area contributed by atoms with Crippen LogP contribution in [0.25, 0.3) is 10.2 Å². The average Bonchev–Trinajstić information content (AvgIpc) is 3.18. The van der Waals surface area contributed by atoms with Crippen LogP contribution in [0.15, 0.2) is 34.1 Å². The van der Waals surface area contributed by atoms with E-state index in [1.54, 1.807) is 9.47 Å². The summed E-state index contributed by atoms with van der Waals surface area (Å²) in [7, 11) is 0. The Morgan fingerprint density at radius 1 is 1.23 bits per heavy atom. The third-order valence-electron chi connectivity index (χ3n) is 4.44. The van der Waals surface area contributed by atoms with Gasteiger partial charge in [0.2, 0.25) is 0 Å². The van der Waals surface area contributed by atoms with Gasteiger partial charge in [0.15, 0.2) is 0 Å². The highest BCUT2D eigenvalue weighted by atomic mass is 79.9. The number of hydrogen-bond donors (Lipinski definition) is 0. The number of carbonyl (C=O) groups is 1. The molecule has 4 rings (SSSR count). The molecule has 8 heteroatoms. The number of morpholine rings is 1. The summed E-state index contributed by atoms with van der Waals surface area (Å²) in [5, 5.41) is 1.94.